The highest BCUT2D eigenvalue weighted by atomic mass is 16.5. The Morgan fingerprint density at radius 1 is 1.30 bits per heavy atom. The zero-order valence-electron chi connectivity index (χ0n) is 11.1. The largest absolute Gasteiger partial charge is 0.466 e. The Labute approximate surface area is 115 Å². The van der Waals surface area contributed by atoms with E-state index in [-0.39, 0.29) is 37.0 Å². The number of carbonyl (C=O) groups excluding carboxylic acids is 2. The summed E-state index contributed by atoms with van der Waals surface area (Å²) in [5.74, 6) is -0.204. The van der Waals surface area contributed by atoms with Crippen LogP contribution >= 0.6 is 0 Å². The molecule has 0 radical (unpaired) electrons. The van der Waals surface area contributed by atoms with E-state index in [4.69, 9.17) is 10.5 Å². The number of nitrogen functional groups attached to an aromatic ring is 1. The molecule has 0 amide bonds. The maximum absolute atomic E-state index is 11.8. The quantitative estimate of drug-likeness (QED) is 0.756. The standard InChI is InChI=1S/C12H15N5O3/c1-2-20-9(19)4-3-8(18)5-17-7-16-10-11(13)14-6-15-12(10)17/h6-7H,2-5H2,1H3,(H2,13,14,15). The number of fused-ring (bicyclic) bond motifs is 1. The van der Waals surface area contributed by atoms with Gasteiger partial charge in [-0.2, -0.15) is 0 Å². The zero-order valence-corrected chi connectivity index (χ0v) is 11.1. The minimum absolute atomic E-state index is 0.0798. The highest BCUT2D eigenvalue weighted by Gasteiger charge is 2.12. The molecule has 0 saturated heterocycles. The van der Waals surface area contributed by atoms with Gasteiger partial charge in [0.25, 0.3) is 0 Å². The van der Waals surface area contributed by atoms with Crippen molar-refractivity contribution in [3.63, 3.8) is 0 Å². The van der Waals surface area contributed by atoms with E-state index >= 15 is 0 Å². The monoisotopic (exact) mass is 277 g/mol. The van der Waals surface area contributed by atoms with Crippen molar-refractivity contribution in [3.05, 3.63) is 12.7 Å². The number of nitrogens with zero attached hydrogens (tertiary/aromatic N) is 4. The highest BCUT2D eigenvalue weighted by Crippen LogP contribution is 2.14. The van der Waals surface area contributed by atoms with Crippen molar-refractivity contribution in [2.45, 2.75) is 26.3 Å². The third-order valence-corrected chi connectivity index (χ3v) is 2.69. The van der Waals surface area contributed by atoms with Crippen LogP contribution in [0.1, 0.15) is 19.8 Å². The Balaban J connectivity index is 2.00. The molecule has 106 valence electrons. The SMILES string of the molecule is CCOC(=O)CCC(=O)Cn1cnc2c(N)ncnc21. The number of rotatable bonds is 6. The Bertz CT molecular complexity index is 637. The summed E-state index contributed by atoms with van der Waals surface area (Å²) < 4.78 is 6.35. The average Bonchev–Trinajstić information content (AvgIpc) is 2.82. The molecule has 0 aliphatic heterocycles. The maximum atomic E-state index is 11.8. The molecule has 2 heterocycles. The first kappa shape index (κ1) is 13.9. The molecule has 0 aliphatic rings. The van der Waals surface area contributed by atoms with Gasteiger partial charge in [-0.05, 0) is 6.92 Å². The van der Waals surface area contributed by atoms with Crippen LogP contribution in [0.5, 0.6) is 0 Å². The molecule has 8 heteroatoms. The molecule has 0 aromatic carbocycles. The maximum Gasteiger partial charge on any atom is 0.306 e. The van der Waals surface area contributed by atoms with E-state index in [1.807, 2.05) is 0 Å². The van der Waals surface area contributed by atoms with Gasteiger partial charge in [0.05, 0.1) is 25.9 Å². The van der Waals surface area contributed by atoms with Gasteiger partial charge in [0.15, 0.2) is 17.2 Å². The summed E-state index contributed by atoms with van der Waals surface area (Å²) in [5, 5.41) is 0. The van der Waals surface area contributed by atoms with Crippen LogP contribution < -0.4 is 5.73 Å². The van der Waals surface area contributed by atoms with Crippen LogP contribution in [0.15, 0.2) is 12.7 Å². The molecular formula is C12H15N5O3. The third-order valence-electron chi connectivity index (χ3n) is 2.69. The molecule has 20 heavy (non-hydrogen) atoms. The molecular weight excluding hydrogens is 262 g/mol. The van der Waals surface area contributed by atoms with Crippen molar-refractivity contribution in [3.8, 4) is 0 Å². The first-order valence-electron chi connectivity index (χ1n) is 6.20. The predicted octanol–water partition coefficient (Wildman–Crippen LogP) is 0.321. The van der Waals surface area contributed by atoms with Crippen LogP contribution in [0.2, 0.25) is 0 Å². The predicted molar refractivity (Wildman–Crippen MR) is 70.6 cm³/mol. The van der Waals surface area contributed by atoms with E-state index in [9.17, 15) is 9.59 Å². The number of anilines is 1. The number of aromatic nitrogens is 4. The first-order valence-corrected chi connectivity index (χ1v) is 6.20. The van der Waals surface area contributed by atoms with Crippen molar-refractivity contribution < 1.29 is 14.3 Å². The molecule has 2 aromatic heterocycles. The number of hydrogen-bond acceptors (Lipinski definition) is 7. The normalized spacial score (nSPS) is 10.7. The fourth-order valence-electron chi connectivity index (χ4n) is 1.76. The smallest absolute Gasteiger partial charge is 0.306 e. The number of carbonyl (C=O) groups is 2. The lowest BCUT2D eigenvalue weighted by molar-refractivity contribution is -0.144. The molecule has 0 atom stereocenters. The van der Waals surface area contributed by atoms with Gasteiger partial charge in [0, 0.05) is 6.42 Å². The lowest BCUT2D eigenvalue weighted by Crippen LogP contribution is -2.13. The van der Waals surface area contributed by atoms with E-state index in [1.54, 1.807) is 11.5 Å². The molecule has 0 saturated carbocycles. The second kappa shape index (κ2) is 6.09. The summed E-state index contributed by atoms with van der Waals surface area (Å²) in [6, 6.07) is 0. The molecule has 0 fully saturated rings. The van der Waals surface area contributed by atoms with E-state index in [0.29, 0.717) is 17.8 Å². The van der Waals surface area contributed by atoms with Gasteiger partial charge < -0.3 is 15.0 Å². The van der Waals surface area contributed by atoms with Crippen LogP contribution in [-0.4, -0.2) is 37.9 Å². The molecule has 0 spiro atoms. The van der Waals surface area contributed by atoms with E-state index in [1.165, 1.54) is 12.7 Å². The highest BCUT2D eigenvalue weighted by molar-refractivity contribution is 5.85. The van der Waals surface area contributed by atoms with Crippen molar-refractivity contribution in [2.75, 3.05) is 12.3 Å². The molecule has 8 nitrogen and oxygen atoms in total. The number of esters is 1. The Kier molecular flexibility index (Phi) is 4.24. The molecule has 2 rings (SSSR count). The Hall–Kier alpha value is -2.51. The summed E-state index contributed by atoms with van der Waals surface area (Å²) in [6.07, 6.45) is 3.01. The summed E-state index contributed by atoms with van der Waals surface area (Å²) in [4.78, 5) is 34.9. The molecule has 0 aliphatic carbocycles. The fourth-order valence-corrected chi connectivity index (χ4v) is 1.76. The van der Waals surface area contributed by atoms with Gasteiger partial charge in [0.2, 0.25) is 0 Å². The number of hydrogen-bond donors (Lipinski definition) is 1. The van der Waals surface area contributed by atoms with Crippen LogP contribution in [0, 0.1) is 0 Å². The van der Waals surface area contributed by atoms with E-state index < -0.39 is 0 Å². The lowest BCUT2D eigenvalue weighted by atomic mass is 10.2. The van der Waals surface area contributed by atoms with Crippen LogP contribution in [0.25, 0.3) is 11.2 Å². The minimum atomic E-state index is -0.372. The van der Waals surface area contributed by atoms with Gasteiger partial charge in [-0.25, -0.2) is 15.0 Å². The third kappa shape index (κ3) is 3.08. The van der Waals surface area contributed by atoms with E-state index in [0.717, 1.165) is 0 Å². The Morgan fingerprint density at radius 3 is 2.85 bits per heavy atom. The minimum Gasteiger partial charge on any atom is -0.466 e. The number of ketones is 1. The first-order chi connectivity index (χ1) is 9.61. The number of Topliss-reactive ketones (excluding diaryl/α,β-unsaturated/α-hetero) is 1. The number of nitrogens with two attached hydrogens (primary N) is 1. The number of ether oxygens (including phenoxy) is 1. The fraction of sp³-hybridized carbons (Fsp3) is 0.417. The van der Waals surface area contributed by atoms with Crippen molar-refractivity contribution in [2.24, 2.45) is 0 Å². The summed E-state index contributed by atoms with van der Waals surface area (Å²) in [6.45, 7) is 2.13. The zero-order chi connectivity index (χ0) is 14.5. The second-order valence-electron chi connectivity index (χ2n) is 4.15. The van der Waals surface area contributed by atoms with Crippen LogP contribution in [0.4, 0.5) is 5.82 Å². The Morgan fingerprint density at radius 2 is 2.10 bits per heavy atom. The van der Waals surface area contributed by atoms with Crippen molar-refractivity contribution >= 4 is 28.7 Å². The number of imidazole rings is 1. The molecule has 2 aromatic rings. The van der Waals surface area contributed by atoms with Gasteiger partial charge in [-0.3, -0.25) is 9.59 Å². The average molecular weight is 277 g/mol. The topological polar surface area (TPSA) is 113 Å². The van der Waals surface area contributed by atoms with E-state index in [2.05, 4.69) is 15.0 Å². The molecule has 0 bridgehead atoms. The van der Waals surface area contributed by atoms with Gasteiger partial charge in [-0.1, -0.05) is 0 Å². The van der Waals surface area contributed by atoms with Crippen LogP contribution in [-0.2, 0) is 20.9 Å². The van der Waals surface area contributed by atoms with Gasteiger partial charge in [0.1, 0.15) is 11.8 Å². The van der Waals surface area contributed by atoms with Gasteiger partial charge >= 0.3 is 5.97 Å². The van der Waals surface area contributed by atoms with Gasteiger partial charge in [-0.15, -0.1) is 0 Å². The molecule has 0 unspecified atom stereocenters. The second-order valence-corrected chi connectivity index (χ2v) is 4.15. The summed E-state index contributed by atoms with van der Waals surface area (Å²) in [5.41, 5.74) is 6.62. The molecule has 2 N–H and O–H groups in total. The lowest BCUT2D eigenvalue weighted by Gasteiger charge is -2.03. The summed E-state index contributed by atoms with van der Waals surface area (Å²) >= 11 is 0. The van der Waals surface area contributed by atoms with Crippen molar-refractivity contribution in [1.29, 1.82) is 0 Å². The summed E-state index contributed by atoms with van der Waals surface area (Å²) in [7, 11) is 0. The van der Waals surface area contributed by atoms with Crippen molar-refractivity contribution in [1.82, 2.24) is 19.5 Å². The van der Waals surface area contributed by atoms with Crippen LogP contribution in [0.3, 0.4) is 0 Å².